The van der Waals surface area contributed by atoms with Crippen LogP contribution in [-0.2, 0) is 0 Å². The molecule has 0 fully saturated rings. The van der Waals surface area contributed by atoms with Gasteiger partial charge >= 0.3 is 0 Å². The molecule has 0 aliphatic heterocycles. The van der Waals surface area contributed by atoms with Crippen molar-refractivity contribution in [2.75, 3.05) is 5.43 Å². The Morgan fingerprint density at radius 1 is 1.53 bits per heavy atom. The van der Waals surface area contributed by atoms with Crippen LogP contribution in [0.25, 0.3) is 11.0 Å². The maximum absolute atomic E-state index is 11.5. The van der Waals surface area contributed by atoms with E-state index in [-0.39, 0.29) is 5.56 Å². The van der Waals surface area contributed by atoms with E-state index in [4.69, 9.17) is 5.84 Å². The van der Waals surface area contributed by atoms with Gasteiger partial charge in [-0.25, -0.2) is 15.8 Å². The smallest absolute Gasteiger partial charge is 0.260 e. The SMILES string of the molecule is Cc1nc2nc(NN)c(Br)cc2c(=O)[nH]1. The highest BCUT2D eigenvalue weighted by Crippen LogP contribution is 2.21. The van der Waals surface area contributed by atoms with Crippen LogP contribution in [0.1, 0.15) is 5.82 Å². The van der Waals surface area contributed by atoms with E-state index in [1.165, 1.54) is 0 Å². The van der Waals surface area contributed by atoms with Crippen LogP contribution in [0.15, 0.2) is 15.3 Å². The number of hydrazine groups is 1. The van der Waals surface area contributed by atoms with Crippen LogP contribution in [0.5, 0.6) is 0 Å². The minimum atomic E-state index is -0.214. The molecule has 0 amide bonds. The number of nitrogens with two attached hydrogens (primary N) is 1. The normalized spacial score (nSPS) is 10.6. The first-order valence-corrected chi connectivity index (χ1v) is 4.95. The Morgan fingerprint density at radius 2 is 2.27 bits per heavy atom. The van der Waals surface area contributed by atoms with Gasteiger partial charge in [0.1, 0.15) is 5.82 Å². The third-order valence-corrected chi connectivity index (χ3v) is 2.51. The summed E-state index contributed by atoms with van der Waals surface area (Å²) < 4.78 is 0.619. The van der Waals surface area contributed by atoms with Gasteiger partial charge in [0, 0.05) is 0 Å². The standard InChI is InChI=1S/C8H8BrN5O/c1-3-11-6-4(8(15)12-3)2-5(9)7(13-6)14-10/h2H,10H2,1H3,(H2,11,12,13,14,15). The molecule has 2 rings (SSSR count). The topological polar surface area (TPSA) is 96.7 Å². The summed E-state index contributed by atoms with van der Waals surface area (Å²) in [6.45, 7) is 1.69. The van der Waals surface area contributed by atoms with E-state index < -0.39 is 0 Å². The van der Waals surface area contributed by atoms with Gasteiger partial charge < -0.3 is 10.4 Å². The van der Waals surface area contributed by atoms with Crippen molar-refractivity contribution < 1.29 is 0 Å². The molecule has 7 heteroatoms. The predicted molar refractivity (Wildman–Crippen MR) is 60.4 cm³/mol. The summed E-state index contributed by atoms with van der Waals surface area (Å²) in [5, 5.41) is 0.423. The summed E-state index contributed by atoms with van der Waals surface area (Å²) in [7, 11) is 0. The maximum Gasteiger partial charge on any atom is 0.260 e. The summed E-state index contributed by atoms with van der Waals surface area (Å²) in [5.74, 6) is 6.22. The first-order valence-electron chi connectivity index (χ1n) is 4.15. The van der Waals surface area contributed by atoms with Gasteiger partial charge in [0.25, 0.3) is 5.56 Å². The fourth-order valence-corrected chi connectivity index (χ4v) is 1.68. The molecule has 2 aromatic heterocycles. The maximum atomic E-state index is 11.5. The second-order valence-electron chi connectivity index (χ2n) is 2.99. The second-order valence-corrected chi connectivity index (χ2v) is 3.84. The van der Waals surface area contributed by atoms with E-state index in [0.29, 0.717) is 27.1 Å². The largest absolute Gasteiger partial charge is 0.310 e. The molecule has 15 heavy (non-hydrogen) atoms. The number of fused-ring (bicyclic) bond motifs is 1. The number of aromatic nitrogens is 3. The van der Waals surface area contributed by atoms with Crippen LogP contribution in [0, 0.1) is 6.92 Å². The minimum Gasteiger partial charge on any atom is -0.310 e. The fraction of sp³-hybridized carbons (Fsp3) is 0.125. The molecule has 0 aliphatic rings. The molecule has 0 spiro atoms. The average molecular weight is 270 g/mol. The molecule has 0 radical (unpaired) electrons. The molecule has 0 aliphatic carbocycles. The first-order chi connectivity index (χ1) is 7.11. The summed E-state index contributed by atoms with van der Waals surface area (Å²) >= 11 is 3.24. The lowest BCUT2D eigenvalue weighted by atomic mass is 10.3. The molecule has 0 aromatic carbocycles. The lowest BCUT2D eigenvalue weighted by Crippen LogP contribution is -2.14. The molecule has 2 aromatic rings. The van der Waals surface area contributed by atoms with Crippen LogP contribution >= 0.6 is 15.9 Å². The number of hydrogen-bond acceptors (Lipinski definition) is 5. The number of H-pyrrole nitrogens is 1. The van der Waals surface area contributed by atoms with E-state index in [2.05, 4.69) is 36.3 Å². The zero-order valence-electron chi connectivity index (χ0n) is 7.84. The highest BCUT2D eigenvalue weighted by molar-refractivity contribution is 9.10. The number of aromatic amines is 1. The monoisotopic (exact) mass is 269 g/mol. The van der Waals surface area contributed by atoms with Crippen LogP contribution in [0.2, 0.25) is 0 Å². The van der Waals surface area contributed by atoms with Crippen LogP contribution in [-0.4, -0.2) is 15.0 Å². The molecule has 0 unspecified atom stereocenters. The van der Waals surface area contributed by atoms with Crippen molar-refractivity contribution in [3.8, 4) is 0 Å². The third kappa shape index (κ3) is 1.71. The Balaban J connectivity index is 2.87. The van der Waals surface area contributed by atoms with E-state index in [9.17, 15) is 4.79 Å². The lowest BCUT2D eigenvalue weighted by Gasteiger charge is -2.04. The van der Waals surface area contributed by atoms with Crippen molar-refractivity contribution in [1.29, 1.82) is 0 Å². The van der Waals surface area contributed by atoms with E-state index in [0.717, 1.165) is 0 Å². The van der Waals surface area contributed by atoms with Gasteiger partial charge in [-0.05, 0) is 28.9 Å². The third-order valence-electron chi connectivity index (χ3n) is 1.91. The molecule has 0 bridgehead atoms. The van der Waals surface area contributed by atoms with Crippen molar-refractivity contribution in [2.24, 2.45) is 5.84 Å². The quantitative estimate of drug-likeness (QED) is 0.523. The number of nitrogens with zero attached hydrogens (tertiary/aromatic N) is 2. The molecule has 4 N–H and O–H groups in total. The van der Waals surface area contributed by atoms with Gasteiger partial charge in [0.15, 0.2) is 11.5 Å². The lowest BCUT2D eigenvalue weighted by molar-refractivity contribution is 1.04. The van der Waals surface area contributed by atoms with Crippen molar-refractivity contribution in [2.45, 2.75) is 6.92 Å². The molecule has 0 saturated heterocycles. The van der Waals surface area contributed by atoms with E-state index >= 15 is 0 Å². The first kappa shape index (κ1) is 10.1. The van der Waals surface area contributed by atoms with Gasteiger partial charge in [-0.15, -0.1) is 0 Å². The molecular formula is C8H8BrN5O. The average Bonchev–Trinajstić information content (AvgIpc) is 2.18. The Morgan fingerprint density at radius 3 is 2.93 bits per heavy atom. The number of hydrogen-bond donors (Lipinski definition) is 3. The Labute approximate surface area is 93.0 Å². The van der Waals surface area contributed by atoms with Crippen LogP contribution in [0.3, 0.4) is 0 Å². The summed E-state index contributed by atoms with van der Waals surface area (Å²) in [6.07, 6.45) is 0. The Hall–Kier alpha value is -1.47. The number of nitrogen functional groups attached to an aromatic ring is 1. The van der Waals surface area contributed by atoms with Gasteiger partial charge in [-0.1, -0.05) is 0 Å². The molecule has 6 nitrogen and oxygen atoms in total. The molecule has 0 saturated carbocycles. The van der Waals surface area contributed by atoms with E-state index in [1.807, 2.05) is 0 Å². The zero-order chi connectivity index (χ0) is 11.0. The van der Waals surface area contributed by atoms with Crippen molar-refractivity contribution in [3.63, 3.8) is 0 Å². The van der Waals surface area contributed by atoms with Gasteiger partial charge in [-0.2, -0.15) is 0 Å². The van der Waals surface area contributed by atoms with Gasteiger partial charge in [0.05, 0.1) is 9.86 Å². The Bertz CT molecular complexity index is 579. The predicted octanol–water partition coefficient (Wildman–Crippen LogP) is 0.675. The molecule has 2 heterocycles. The van der Waals surface area contributed by atoms with Crippen molar-refractivity contribution in [3.05, 3.63) is 26.7 Å². The molecule has 78 valence electrons. The summed E-state index contributed by atoms with van der Waals surface area (Å²) in [4.78, 5) is 22.3. The molecular weight excluding hydrogens is 262 g/mol. The number of halogens is 1. The number of aryl methyl sites for hydroxylation is 1. The highest BCUT2D eigenvalue weighted by atomic mass is 79.9. The molecule has 0 atom stereocenters. The number of pyridine rings is 1. The van der Waals surface area contributed by atoms with E-state index in [1.54, 1.807) is 13.0 Å². The Kier molecular flexibility index (Phi) is 2.41. The number of nitrogens with one attached hydrogen (secondary N) is 2. The highest BCUT2D eigenvalue weighted by Gasteiger charge is 2.07. The minimum absolute atomic E-state index is 0.214. The summed E-state index contributed by atoms with van der Waals surface area (Å²) in [6, 6.07) is 1.63. The van der Waals surface area contributed by atoms with Crippen molar-refractivity contribution >= 4 is 32.8 Å². The van der Waals surface area contributed by atoms with Crippen molar-refractivity contribution in [1.82, 2.24) is 15.0 Å². The van der Waals surface area contributed by atoms with Gasteiger partial charge in [-0.3, -0.25) is 4.79 Å². The second kappa shape index (κ2) is 3.59. The van der Waals surface area contributed by atoms with Crippen LogP contribution in [0.4, 0.5) is 5.82 Å². The fourth-order valence-electron chi connectivity index (χ4n) is 1.25. The van der Waals surface area contributed by atoms with Crippen LogP contribution < -0.4 is 16.8 Å². The zero-order valence-corrected chi connectivity index (χ0v) is 9.42. The number of anilines is 1. The summed E-state index contributed by atoms with van der Waals surface area (Å²) in [5.41, 5.74) is 2.57. The van der Waals surface area contributed by atoms with Gasteiger partial charge in [0.2, 0.25) is 0 Å². The number of rotatable bonds is 1.